The first-order valence-electron chi connectivity index (χ1n) is 5.07. The molecule has 0 unspecified atom stereocenters. The number of nitrogens with two attached hydrogens (primary N) is 1. The second-order valence-corrected chi connectivity index (χ2v) is 6.68. The molecule has 4 N–H and O–H groups in total. The molecule has 0 heterocycles. The minimum Gasteiger partial charge on any atom is -0.506 e. The first-order valence-corrected chi connectivity index (χ1v) is 7.45. The smallest absolute Gasteiger partial charge is 0.144 e. The summed E-state index contributed by atoms with van der Waals surface area (Å²) in [6.07, 6.45) is -0.678. The van der Waals surface area contributed by atoms with Crippen molar-refractivity contribution in [3.05, 3.63) is 25.0 Å². The maximum Gasteiger partial charge on any atom is 0.144 e. The van der Waals surface area contributed by atoms with Crippen LogP contribution in [0, 0.1) is 5.92 Å². The second-order valence-electron chi connectivity index (χ2n) is 4.18. The lowest BCUT2D eigenvalue weighted by molar-refractivity contribution is 0.0974. The molecule has 0 amide bonds. The molecule has 1 aromatic carbocycles. The van der Waals surface area contributed by atoms with Crippen molar-refractivity contribution in [3.8, 4) is 5.75 Å². The first-order chi connectivity index (χ1) is 7.77. The van der Waals surface area contributed by atoms with Crippen LogP contribution in [0.2, 0.25) is 0 Å². The Morgan fingerprint density at radius 3 is 2.11 bits per heavy atom. The number of phenolic OH excluding ortho intramolecular Hbond substituents is 1. The summed E-state index contributed by atoms with van der Waals surface area (Å²) in [6.45, 7) is 3.79. The summed E-state index contributed by atoms with van der Waals surface area (Å²) in [5.74, 6) is 0.115. The molecule has 0 aliphatic heterocycles. The molecule has 2 atom stereocenters. The third kappa shape index (κ3) is 3.84. The number of aliphatic hydroxyl groups is 1. The SMILES string of the molecule is CC(C)[C@@H](O)[C@@H](N)c1c(Br)cc(Br)c(O)c1Br.Cl. The van der Waals surface area contributed by atoms with Gasteiger partial charge in [-0.1, -0.05) is 29.8 Å². The first kappa shape index (κ1) is 18.7. The third-order valence-electron chi connectivity index (χ3n) is 2.57. The lowest BCUT2D eigenvalue weighted by Crippen LogP contribution is -2.31. The normalized spacial score (nSPS) is 14.2. The summed E-state index contributed by atoms with van der Waals surface area (Å²) in [6, 6.07) is 1.14. The van der Waals surface area contributed by atoms with Gasteiger partial charge in [0.15, 0.2) is 0 Å². The van der Waals surface area contributed by atoms with Gasteiger partial charge in [-0.05, 0) is 43.8 Å². The molecular formula is C11H15Br3ClNO2. The summed E-state index contributed by atoms with van der Waals surface area (Å²) in [4.78, 5) is 0. The van der Waals surface area contributed by atoms with E-state index in [2.05, 4.69) is 47.8 Å². The van der Waals surface area contributed by atoms with Crippen LogP contribution in [0.15, 0.2) is 19.5 Å². The number of halogens is 4. The van der Waals surface area contributed by atoms with Gasteiger partial charge in [0, 0.05) is 10.0 Å². The van der Waals surface area contributed by atoms with Crippen LogP contribution in [-0.2, 0) is 0 Å². The van der Waals surface area contributed by atoms with Crippen molar-refractivity contribution < 1.29 is 10.2 Å². The van der Waals surface area contributed by atoms with E-state index in [1.54, 1.807) is 6.07 Å². The highest BCUT2D eigenvalue weighted by molar-refractivity contribution is 9.11. The minimum absolute atomic E-state index is 0. The molecule has 1 aromatic rings. The Bertz CT molecular complexity index is 429. The lowest BCUT2D eigenvalue weighted by Gasteiger charge is -2.25. The Kier molecular flexibility index (Phi) is 7.73. The fourth-order valence-corrected chi connectivity index (χ4v) is 4.14. The largest absolute Gasteiger partial charge is 0.506 e. The number of hydrogen-bond acceptors (Lipinski definition) is 3. The summed E-state index contributed by atoms with van der Waals surface area (Å²) in [5.41, 5.74) is 6.68. The molecule has 1 rings (SSSR count). The molecule has 0 aliphatic rings. The molecule has 0 aromatic heterocycles. The van der Waals surface area contributed by atoms with E-state index in [9.17, 15) is 10.2 Å². The van der Waals surface area contributed by atoms with Crippen molar-refractivity contribution >= 4 is 60.2 Å². The fraction of sp³-hybridized carbons (Fsp3) is 0.455. The maximum atomic E-state index is 10.00. The van der Waals surface area contributed by atoms with Gasteiger partial charge < -0.3 is 15.9 Å². The molecule has 3 nitrogen and oxygen atoms in total. The third-order valence-corrected chi connectivity index (χ3v) is 4.63. The Hall–Kier alpha value is 0.670. The zero-order valence-electron chi connectivity index (χ0n) is 9.82. The Balaban J connectivity index is 0.00000289. The highest BCUT2D eigenvalue weighted by Crippen LogP contribution is 2.42. The van der Waals surface area contributed by atoms with E-state index in [0.29, 0.717) is 14.5 Å². The van der Waals surface area contributed by atoms with Gasteiger partial charge in [0.25, 0.3) is 0 Å². The number of benzene rings is 1. The maximum absolute atomic E-state index is 10.00. The predicted octanol–water partition coefficient (Wildman–Crippen LogP) is 4.12. The van der Waals surface area contributed by atoms with Gasteiger partial charge >= 0.3 is 0 Å². The number of hydrogen-bond donors (Lipinski definition) is 3. The van der Waals surface area contributed by atoms with Gasteiger partial charge in [-0.25, -0.2) is 0 Å². The average molecular weight is 468 g/mol. The molecule has 0 aliphatic carbocycles. The van der Waals surface area contributed by atoms with E-state index >= 15 is 0 Å². The summed E-state index contributed by atoms with van der Waals surface area (Å²) < 4.78 is 1.79. The van der Waals surface area contributed by atoms with E-state index in [1.165, 1.54) is 0 Å². The number of rotatable bonds is 3. The molecule has 0 saturated heterocycles. The minimum atomic E-state index is -0.678. The zero-order valence-corrected chi connectivity index (χ0v) is 15.4. The van der Waals surface area contributed by atoms with Crippen LogP contribution >= 0.6 is 60.2 Å². The highest BCUT2D eigenvalue weighted by atomic mass is 79.9. The van der Waals surface area contributed by atoms with Crippen molar-refractivity contribution in [2.75, 3.05) is 0 Å². The topological polar surface area (TPSA) is 66.5 Å². The van der Waals surface area contributed by atoms with Crippen LogP contribution in [-0.4, -0.2) is 16.3 Å². The van der Waals surface area contributed by atoms with E-state index < -0.39 is 12.1 Å². The van der Waals surface area contributed by atoms with Gasteiger partial charge in [-0.15, -0.1) is 12.4 Å². The number of phenols is 1. The average Bonchev–Trinajstić information content (AvgIpc) is 2.24. The molecule has 18 heavy (non-hydrogen) atoms. The Morgan fingerprint density at radius 1 is 1.17 bits per heavy atom. The molecule has 0 saturated carbocycles. The van der Waals surface area contributed by atoms with Crippen molar-refractivity contribution in [2.45, 2.75) is 26.0 Å². The van der Waals surface area contributed by atoms with Gasteiger partial charge in [0.2, 0.25) is 0 Å². The quantitative estimate of drug-likeness (QED) is 0.626. The van der Waals surface area contributed by atoms with Gasteiger partial charge in [0.05, 0.1) is 21.1 Å². The summed E-state index contributed by atoms with van der Waals surface area (Å²) >= 11 is 9.92. The fourth-order valence-electron chi connectivity index (χ4n) is 1.49. The monoisotopic (exact) mass is 465 g/mol. The summed E-state index contributed by atoms with van der Waals surface area (Å²) in [7, 11) is 0. The van der Waals surface area contributed by atoms with Crippen LogP contribution in [0.5, 0.6) is 5.75 Å². The van der Waals surface area contributed by atoms with Crippen molar-refractivity contribution in [2.24, 2.45) is 11.7 Å². The lowest BCUT2D eigenvalue weighted by atomic mass is 9.94. The van der Waals surface area contributed by atoms with E-state index in [1.807, 2.05) is 13.8 Å². The van der Waals surface area contributed by atoms with E-state index in [-0.39, 0.29) is 24.1 Å². The van der Waals surface area contributed by atoms with Crippen molar-refractivity contribution in [1.82, 2.24) is 0 Å². The van der Waals surface area contributed by atoms with Crippen LogP contribution in [0.1, 0.15) is 25.5 Å². The Morgan fingerprint density at radius 2 is 1.67 bits per heavy atom. The molecule has 0 fully saturated rings. The molecule has 7 heteroatoms. The standard InChI is InChI=1S/C11H14Br3NO2.ClH/c1-4(2)10(16)9(15)7-5(12)3-6(13)11(17)8(7)14;/h3-4,9-10,16-17H,15H2,1-2H3;1H/t9-,10+;/m0./s1. The molecule has 104 valence electrons. The zero-order chi connectivity index (χ0) is 13.3. The Labute approximate surface area is 138 Å². The van der Waals surface area contributed by atoms with Crippen LogP contribution in [0.25, 0.3) is 0 Å². The highest BCUT2D eigenvalue weighted by Gasteiger charge is 2.26. The molecule has 0 radical (unpaired) electrons. The molecule has 0 bridgehead atoms. The van der Waals surface area contributed by atoms with Gasteiger partial charge in [0.1, 0.15) is 5.75 Å². The molecular weight excluding hydrogens is 453 g/mol. The van der Waals surface area contributed by atoms with Gasteiger partial charge in [-0.3, -0.25) is 0 Å². The second kappa shape index (κ2) is 7.45. The number of aromatic hydroxyl groups is 1. The predicted molar refractivity (Wildman–Crippen MR) is 86.2 cm³/mol. The van der Waals surface area contributed by atoms with E-state index in [0.717, 1.165) is 4.47 Å². The van der Waals surface area contributed by atoms with Crippen LogP contribution in [0.3, 0.4) is 0 Å². The number of aliphatic hydroxyl groups excluding tert-OH is 1. The van der Waals surface area contributed by atoms with Crippen molar-refractivity contribution in [3.63, 3.8) is 0 Å². The van der Waals surface area contributed by atoms with Crippen molar-refractivity contribution in [1.29, 1.82) is 0 Å². The van der Waals surface area contributed by atoms with Gasteiger partial charge in [-0.2, -0.15) is 0 Å². The summed E-state index contributed by atoms with van der Waals surface area (Å²) in [5, 5.41) is 19.8. The van der Waals surface area contributed by atoms with E-state index in [4.69, 9.17) is 5.73 Å². The molecule has 0 spiro atoms. The van der Waals surface area contributed by atoms with Crippen LogP contribution < -0.4 is 5.73 Å². The van der Waals surface area contributed by atoms with Crippen LogP contribution in [0.4, 0.5) is 0 Å².